The molecule has 0 fully saturated rings. The molecule has 0 N–H and O–H groups in total. The molecule has 0 amide bonds. The van der Waals surface area contributed by atoms with E-state index in [-0.39, 0.29) is 5.41 Å². The fourth-order valence-corrected chi connectivity index (χ4v) is 2.63. The van der Waals surface area contributed by atoms with E-state index in [4.69, 9.17) is 0 Å². The summed E-state index contributed by atoms with van der Waals surface area (Å²) in [5.74, 6) is 0. The molecule has 0 aromatic heterocycles. The van der Waals surface area contributed by atoms with E-state index in [2.05, 4.69) is 61.8 Å². The second-order valence-electron chi connectivity index (χ2n) is 5.45. The Morgan fingerprint density at radius 3 is 2.24 bits per heavy atom. The van der Waals surface area contributed by atoms with Crippen molar-refractivity contribution in [3.8, 4) is 0 Å². The van der Waals surface area contributed by atoms with E-state index in [0.29, 0.717) is 0 Å². The summed E-state index contributed by atoms with van der Waals surface area (Å²) < 4.78 is 1.24. The molecule has 0 heterocycles. The van der Waals surface area contributed by atoms with Gasteiger partial charge in [-0.25, -0.2) is 0 Å². The van der Waals surface area contributed by atoms with Gasteiger partial charge in [-0.3, -0.25) is 0 Å². The fraction of sp³-hybridized carbons (Fsp3) is 0.500. The SMILES string of the molecule is CC.CC1=Cc2c(Br)cc(C(C)(C)C)cc2C1. The second kappa shape index (κ2) is 5.39. The van der Waals surface area contributed by atoms with E-state index in [9.17, 15) is 0 Å². The van der Waals surface area contributed by atoms with Gasteiger partial charge in [-0.1, -0.05) is 68.3 Å². The molecular formula is C16H23Br. The first-order chi connectivity index (χ1) is 7.88. The predicted octanol–water partition coefficient (Wildman–Crippen LogP) is 5.73. The molecule has 94 valence electrons. The Morgan fingerprint density at radius 1 is 1.12 bits per heavy atom. The van der Waals surface area contributed by atoms with Crippen molar-refractivity contribution in [3.05, 3.63) is 38.9 Å². The highest BCUT2D eigenvalue weighted by Gasteiger charge is 2.19. The average molecular weight is 295 g/mol. The molecule has 0 saturated carbocycles. The zero-order valence-corrected chi connectivity index (χ0v) is 13.4. The molecule has 17 heavy (non-hydrogen) atoms. The maximum Gasteiger partial charge on any atom is 0.0253 e. The molecule has 0 atom stereocenters. The van der Waals surface area contributed by atoms with Crippen molar-refractivity contribution in [1.29, 1.82) is 0 Å². The standard InChI is InChI=1S/C14H17Br.C2H6/c1-9-5-10-7-11(14(2,3)4)8-13(15)12(10)6-9;1-2/h6-8H,5H2,1-4H3;1-2H3. The van der Waals surface area contributed by atoms with Gasteiger partial charge in [0.05, 0.1) is 0 Å². The van der Waals surface area contributed by atoms with Gasteiger partial charge in [-0.15, -0.1) is 0 Å². The van der Waals surface area contributed by atoms with Crippen molar-refractivity contribution in [3.63, 3.8) is 0 Å². The van der Waals surface area contributed by atoms with Crippen molar-refractivity contribution in [2.45, 2.75) is 53.4 Å². The molecule has 0 unspecified atom stereocenters. The molecule has 0 radical (unpaired) electrons. The van der Waals surface area contributed by atoms with Crippen molar-refractivity contribution in [2.75, 3.05) is 0 Å². The van der Waals surface area contributed by atoms with Crippen LogP contribution in [-0.2, 0) is 11.8 Å². The van der Waals surface area contributed by atoms with E-state index in [1.54, 1.807) is 0 Å². The van der Waals surface area contributed by atoms with Crippen LogP contribution >= 0.6 is 15.9 Å². The summed E-state index contributed by atoms with van der Waals surface area (Å²) in [5, 5.41) is 0. The maximum absolute atomic E-state index is 3.67. The molecule has 0 bridgehead atoms. The van der Waals surface area contributed by atoms with Gasteiger partial charge < -0.3 is 0 Å². The summed E-state index contributed by atoms with van der Waals surface area (Å²) in [7, 11) is 0. The van der Waals surface area contributed by atoms with E-state index >= 15 is 0 Å². The summed E-state index contributed by atoms with van der Waals surface area (Å²) in [4.78, 5) is 0. The van der Waals surface area contributed by atoms with Crippen LogP contribution in [0.25, 0.3) is 6.08 Å². The Morgan fingerprint density at radius 2 is 1.71 bits per heavy atom. The Balaban J connectivity index is 0.000000686. The van der Waals surface area contributed by atoms with Crippen molar-refractivity contribution in [1.82, 2.24) is 0 Å². The first-order valence-corrected chi connectivity index (χ1v) is 7.17. The van der Waals surface area contributed by atoms with E-state index in [1.165, 1.54) is 26.7 Å². The lowest BCUT2D eigenvalue weighted by Gasteiger charge is -2.20. The van der Waals surface area contributed by atoms with Gasteiger partial charge in [0.2, 0.25) is 0 Å². The molecular weight excluding hydrogens is 272 g/mol. The topological polar surface area (TPSA) is 0 Å². The largest absolute Gasteiger partial charge is 0.0683 e. The Labute approximate surface area is 114 Å². The minimum absolute atomic E-state index is 0.230. The Kier molecular flexibility index (Phi) is 4.60. The van der Waals surface area contributed by atoms with Gasteiger partial charge in [-0.2, -0.15) is 0 Å². The van der Waals surface area contributed by atoms with Crippen LogP contribution in [0, 0.1) is 0 Å². The molecule has 0 saturated heterocycles. The van der Waals surface area contributed by atoms with E-state index in [1.807, 2.05) is 13.8 Å². The van der Waals surface area contributed by atoms with Gasteiger partial charge in [-0.05, 0) is 41.5 Å². The predicted molar refractivity (Wildman–Crippen MR) is 81.5 cm³/mol. The summed E-state index contributed by atoms with van der Waals surface area (Å²) in [5.41, 5.74) is 5.94. The van der Waals surface area contributed by atoms with E-state index in [0.717, 1.165) is 6.42 Å². The molecule has 1 aromatic rings. The number of allylic oxidation sites excluding steroid dienone is 1. The lowest BCUT2D eigenvalue weighted by atomic mass is 9.85. The summed E-state index contributed by atoms with van der Waals surface area (Å²) in [6.07, 6.45) is 3.39. The summed E-state index contributed by atoms with van der Waals surface area (Å²) in [6, 6.07) is 4.61. The highest BCUT2D eigenvalue weighted by Crippen LogP contribution is 2.35. The van der Waals surface area contributed by atoms with Crippen molar-refractivity contribution < 1.29 is 0 Å². The number of halogens is 1. The highest BCUT2D eigenvalue weighted by molar-refractivity contribution is 9.10. The lowest BCUT2D eigenvalue weighted by molar-refractivity contribution is 0.589. The van der Waals surface area contributed by atoms with Crippen LogP contribution in [0.1, 0.15) is 58.2 Å². The van der Waals surface area contributed by atoms with Gasteiger partial charge in [0, 0.05) is 4.47 Å². The van der Waals surface area contributed by atoms with Crippen LogP contribution in [-0.4, -0.2) is 0 Å². The molecule has 0 spiro atoms. The normalized spacial score (nSPS) is 13.7. The highest BCUT2D eigenvalue weighted by atomic mass is 79.9. The zero-order valence-electron chi connectivity index (χ0n) is 11.8. The molecule has 0 aliphatic heterocycles. The number of hydrogen-bond donors (Lipinski definition) is 0. The van der Waals surface area contributed by atoms with Crippen molar-refractivity contribution in [2.24, 2.45) is 0 Å². The third-order valence-electron chi connectivity index (χ3n) is 2.94. The van der Waals surface area contributed by atoms with Crippen LogP contribution in [0.3, 0.4) is 0 Å². The number of hydrogen-bond acceptors (Lipinski definition) is 0. The first-order valence-electron chi connectivity index (χ1n) is 6.38. The third-order valence-corrected chi connectivity index (χ3v) is 3.60. The van der Waals surface area contributed by atoms with Gasteiger partial charge >= 0.3 is 0 Å². The number of fused-ring (bicyclic) bond motifs is 1. The minimum Gasteiger partial charge on any atom is -0.0683 e. The van der Waals surface area contributed by atoms with Crippen LogP contribution in [0.2, 0.25) is 0 Å². The number of rotatable bonds is 0. The number of benzene rings is 1. The van der Waals surface area contributed by atoms with E-state index < -0.39 is 0 Å². The quantitative estimate of drug-likeness (QED) is 0.573. The minimum atomic E-state index is 0.230. The fourth-order valence-electron chi connectivity index (χ4n) is 2.01. The van der Waals surface area contributed by atoms with Crippen molar-refractivity contribution >= 4 is 22.0 Å². The van der Waals surface area contributed by atoms with Crippen LogP contribution in [0.15, 0.2) is 22.2 Å². The molecule has 1 aliphatic rings. The zero-order chi connectivity index (χ0) is 13.2. The summed E-state index contributed by atoms with van der Waals surface area (Å²) in [6.45, 7) is 13.0. The first kappa shape index (κ1) is 14.5. The Bertz CT molecular complexity index is 434. The van der Waals surface area contributed by atoms with Crippen LogP contribution in [0.4, 0.5) is 0 Å². The maximum atomic E-state index is 3.67. The second-order valence-corrected chi connectivity index (χ2v) is 6.30. The molecule has 1 aliphatic carbocycles. The van der Waals surface area contributed by atoms with Gasteiger partial charge in [0.25, 0.3) is 0 Å². The monoisotopic (exact) mass is 294 g/mol. The van der Waals surface area contributed by atoms with Crippen LogP contribution < -0.4 is 0 Å². The summed E-state index contributed by atoms with van der Waals surface area (Å²) >= 11 is 3.67. The molecule has 1 heteroatoms. The van der Waals surface area contributed by atoms with Gasteiger partial charge in [0.15, 0.2) is 0 Å². The van der Waals surface area contributed by atoms with Gasteiger partial charge in [0.1, 0.15) is 0 Å². The lowest BCUT2D eigenvalue weighted by Crippen LogP contribution is -2.11. The smallest absolute Gasteiger partial charge is 0.0253 e. The molecule has 2 rings (SSSR count). The van der Waals surface area contributed by atoms with Crippen LogP contribution in [0.5, 0.6) is 0 Å². The Hall–Kier alpha value is -0.560. The average Bonchev–Trinajstić information content (AvgIpc) is 2.61. The molecule has 0 nitrogen and oxygen atoms in total. The molecule has 1 aromatic carbocycles. The third kappa shape index (κ3) is 3.22.